The number of aromatic carboxylic acids is 1. The second-order valence-corrected chi connectivity index (χ2v) is 7.35. The monoisotopic (exact) mass is 409 g/mol. The van der Waals surface area contributed by atoms with Crippen LogP contribution >= 0.6 is 33.9 Å². The fourth-order valence-electron chi connectivity index (χ4n) is 1.43. The molecule has 2 aromatic rings. The zero-order valence-electron chi connectivity index (χ0n) is 9.33. The fraction of sp³-hybridized carbons (Fsp3) is 0. The minimum absolute atomic E-state index is 0.196. The molecule has 0 amide bonds. The first kappa shape index (κ1) is 14.3. The number of thiophene rings is 1. The highest BCUT2D eigenvalue weighted by atomic mass is 127. The van der Waals surface area contributed by atoms with Gasteiger partial charge >= 0.3 is 5.97 Å². The molecule has 100 valence electrons. The van der Waals surface area contributed by atoms with Crippen LogP contribution in [-0.2, 0) is 10.0 Å². The fourth-order valence-corrected chi connectivity index (χ4v) is 4.28. The van der Waals surface area contributed by atoms with Gasteiger partial charge in [0.25, 0.3) is 10.0 Å². The molecule has 0 aliphatic heterocycles. The maximum Gasteiger partial charge on any atom is 0.347 e. The summed E-state index contributed by atoms with van der Waals surface area (Å²) >= 11 is 2.94. The number of benzene rings is 1. The molecule has 0 bridgehead atoms. The minimum Gasteiger partial charge on any atom is -0.477 e. The maximum atomic E-state index is 12.1. The van der Waals surface area contributed by atoms with Crippen LogP contribution < -0.4 is 4.72 Å². The molecule has 1 aromatic heterocycles. The van der Waals surface area contributed by atoms with Gasteiger partial charge in [0.2, 0.25) is 0 Å². The summed E-state index contributed by atoms with van der Waals surface area (Å²) in [7, 11) is -3.89. The molecule has 0 unspecified atom stereocenters. The lowest BCUT2D eigenvalue weighted by Gasteiger charge is -2.07. The summed E-state index contributed by atoms with van der Waals surface area (Å²) in [6, 6.07) is 8.08. The van der Waals surface area contributed by atoms with Crippen molar-refractivity contribution in [1.82, 2.24) is 0 Å². The molecule has 0 fully saturated rings. The number of rotatable bonds is 4. The van der Waals surface area contributed by atoms with Crippen LogP contribution in [0, 0.1) is 3.57 Å². The van der Waals surface area contributed by atoms with E-state index in [0.29, 0.717) is 5.69 Å². The molecule has 19 heavy (non-hydrogen) atoms. The molecule has 8 heteroatoms. The van der Waals surface area contributed by atoms with Gasteiger partial charge in [-0.2, -0.15) is 0 Å². The molecular formula is C11H8INO4S2. The van der Waals surface area contributed by atoms with Crippen molar-refractivity contribution in [1.29, 1.82) is 0 Å². The lowest BCUT2D eigenvalue weighted by atomic mass is 10.3. The van der Waals surface area contributed by atoms with Gasteiger partial charge in [-0.05, 0) is 52.2 Å². The van der Waals surface area contributed by atoms with E-state index < -0.39 is 16.0 Å². The Morgan fingerprint density at radius 2 is 2.05 bits per heavy atom. The van der Waals surface area contributed by atoms with Crippen molar-refractivity contribution in [2.75, 3.05) is 4.72 Å². The van der Waals surface area contributed by atoms with Gasteiger partial charge < -0.3 is 5.11 Å². The summed E-state index contributed by atoms with van der Waals surface area (Å²) in [5, 5.41) is 10.4. The summed E-state index contributed by atoms with van der Waals surface area (Å²) < 4.78 is 27.5. The van der Waals surface area contributed by atoms with E-state index in [1.54, 1.807) is 18.2 Å². The van der Waals surface area contributed by atoms with Crippen LogP contribution in [0.25, 0.3) is 0 Å². The molecule has 0 aliphatic rings. The van der Waals surface area contributed by atoms with Crippen molar-refractivity contribution in [3.8, 4) is 0 Å². The Labute approximate surface area is 127 Å². The summed E-state index contributed by atoms with van der Waals surface area (Å²) in [4.78, 5) is 10.5. The Kier molecular flexibility index (Phi) is 4.11. The van der Waals surface area contributed by atoms with E-state index in [2.05, 4.69) is 27.3 Å². The number of anilines is 1. The average Bonchev–Trinajstić information content (AvgIpc) is 2.77. The molecule has 5 nitrogen and oxygen atoms in total. The van der Waals surface area contributed by atoms with Crippen LogP contribution in [0.1, 0.15) is 9.67 Å². The smallest absolute Gasteiger partial charge is 0.347 e. The van der Waals surface area contributed by atoms with Gasteiger partial charge in [-0.3, -0.25) is 4.72 Å². The lowest BCUT2D eigenvalue weighted by molar-refractivity contribution is 0.0698. The van der Waals surface area contributed by atoms with Crippen molar-refractivity contribution in [2.24, 2.45) is 0 Å². The largest absolute Gasteiger partial charge is 0.477 e. The summed E-state index contributed by atoms with van der Waals surface area (Å²) in [6.07, 6.45) is 0. The molecule has 0 spiro atoms. The van der Waals surface area contributed by atoms with Crippen LogP contribution in [0.3, 0.4) is 0 Å². The summed E-state index contributed by atoms with van der Waals surface area (Å²) in [6.45, 7) is 0. The molecule has 2 N–H and O–H groups in total. The third-order valence-electron chi connectivity index (χ3n) is 2.19. The lowest BCUT2D eigenvalue weighted by Crippen LogP contribution is -2.15. The Balaban J connectivity index is 2.38. The number of carbonyl (C=O) groups is 1. The molecule has 0 saturated heterocycles. The van der Waals surface area contributed by atoms with Crippen LogP contribution in [0.4, 0.5) is 5.69 Å². The summed E-state index contributed by atoms with van der Waals surface area (Å²) in [5.41, 5.74) is 0.398. The number of carboxylic acid groups (broad SMARTS) is 1. The number of hydrogen-bond donors (Lipinski definition) is 2. The Morgan fingerprint density at radius 3 is 2.68 bits per heavy atom. The molecule has 0 aliphatic carbocycles. The Morgan fingerprint density at radius 1 is 1.32 bits per heavy atom. The van der Waals surface area contributed by atoms with Crippen molar-refractivity contribution in [2.45, 2.75) is 4.90 Å². The first-order chi connectivity index (χ1) is 8.90. The highest BCUT2D eigenvalue weighted by molar-refractivity contribution is 14.1. The van der Waals surface area contributed by atoms with Gasteiger partial charge in [0.1, 0.15) is 9.77 Å². The molecule has 2 rings (SSSR count). The van der Waals surface area contributed by atoms with Gasteiger partial charge in [-0.25, -0.2) is 13.2 Å². The molecule has 0 atom stereocenters. The standard InChI is InChI=1S/C11H8INO4S2/c12-7-2-1-3-8(6-7)13-19(16,17)9-4-5-18-10(9)11(14)15/h1-6,13H,(H,14,15). The van der Waals surface area contributed by atoms with Gasteiger partial charge in [0.15, 0.2) is 0 Å². The predicted molar refractivity (Wildman–Crippen MR) is 81.2 cm³/mol. The van der Waals surface area contributed by atoms with E-state index in [0.717, 1.165) is 14.9 Å². The SMILES string of the molecule is O=C(O)c1sccc1S(=O)(=O)Nc1cccc(I)c1. The molecule has 0 radical (unpaired) electrons. The number of nitrogens with one attached hydrogen (secondary N) is 1. The van der Waals surface area contributed by atoms with Crippen LogP contribution in [-0.4, -0.2) is 19.5 Å². The van der Waals surface area contributed by atoms with Crippen LogP contribution in [0.2, 0.25) is 0 Å². The number of halogens is 1. The van der Waals surface area contributed by atoms with Gasteiger partial charge in [-0.15, -0.1) is 11.3 Å². The third kappa shape index (κ3) is 3.25. The van der Waals surface area contributed by atoms with Crippen LogP contribution in [0.15, 0.2) is 40.6 Å². The zero-order valence-corrected chi connectivity index (χ0v) is 13.1. The second kappa shape index (κ2) is 5.47. The van der Waals surface area contributed by atoms with Gasteiger partial charge in [-0.1, -0.05) is 6.07 Å². The predicted octanol–water partition coefficient (Wildman–Crippen LogP) is 2.85. The normalized spacial score (nSPS) is 11.2. The quantitative estimate of drug-likeness (QED) is 0.761. The molecular weight excluding hydrogens is 401 g/mol. The zero-order chi connectivity index (χ0) is 14.0. The molecule has 0 saturated carbocycles. The van der Waals surface area contributed by atoms with Gasteiger partial charge in [0.05, 0.1) is 0 Å². The highest BCUT2D eigenvalue weighted by Crippen LogP contribution is 2.24. The third-order valence-corrected chi connectivity index (χ3v) is 5.32. The number of hydrogen-bond acceptors (Lipinski definition) is 4. The van der Waals surface area contributed by atoms with Crippen molar-refractivity contribution >= 4 is 55.6 Å². The van der Waals surface area contributed by atoms with E-state index in [9.17, 15) is 13.2 Å². The van der Waals surface area contributed by atoms with Gasteiger partial charge in [0, 0.05) is 9.26 Å². The van der Waals surface area contributed by atoms with Crippen molar-refractivity contribution in [3.63, 3.8) is 0 Å². The summed E-state index contributed by atoms with van der Waals surface area (Å²) in [5.74, 6) is -1.25. The highest BCUT2D eigenvalue weighted by Gasteiger charge is 2.23. The first-order valence-electron chi connectivity index (χ1n) is 4.99. The van der Waals surface area contributed by atoms with E-state index >= 15 is 0 Å². The van der Waals surface area contributed by atoms with Crippen molar-refractivity contribution < 1.29 is 18.3 Å². The van der Waals surface area contributed by atoms with Crippen LogP contribution in [0.5, 0.6) is 0 Å². The molecule has 1 aromatic carbocycles. The van der Waals surface area contributed by atoms with E-state index in [-0.39, 0.29) is 9.77 Å². The topological polar surface area (TPSA) is 83.5 Å². The second-order valence-electron chi connectivity index (χ2n) is 3.53. The van der Waals surface area contributed by atoms with E-state index in [4.69, 9.17) is 5.11 Å². The average molecular weight is 409 g/mol. The van der Waals surface area contributed by atoms with E-state index in [1.165, 1.54) is 11.4 Å². The first-order valence-corrected chi connectivity index (χ1v) is 8.43. The Bertz CT molecular complexity index is 724. The Hall–Kier alpha value is -1.13. The number of sulfonamides is 1. The molecule has 1 heterocycles. The number of carboxylic acids is 1. The maximum absolute atomic E-state index is 12.1. The van der Waals surface area contributed by atoms with E-state index in [1.807, 2.05) is 6.07 Å². The minimum atomic E-state index is -3.89. The van der Waals surface area contributed by atoms with Crippen molar-refractivity contribution in [3.05, 3.63) is 44.2 Å².